The van der Waals surface area contributed by atoms with Crippen LogP contribution >= 0.6 is 0 Å². The van der Waals surface area contributed by atoms with Gasteiger partial charge in [-0.15, -0.1) is 0 Å². The van der Waals surface area contributed by atoms with Gasteiger partial charge >= 0.3 is 0 Å². The lowest BCUT2D eigenvalue weighted by Gasteiger charge is -2.29. The van der Waals surface area contributed by atoms with Crippen molar-refractivity contribution < 1.29 is 17.6 Å². The van der Waals surface area contributed by atoms with Gasteiger partial charge in [0, 0.05) is 12.6 Å². The Kier molecular flexibility index (Phi) is 4.14. The number of carbonyl (C=O) groups is 1. The number of rotatable bonds is 6. The Bertz CT molecular complexity index is 648. The zero-order chi connectivity index (χ0) is 15.8. The zero-order valence-electron chi connectivity index (χ0n) is 12.4. The van der Waals surface area contributed by atoms with Gasteiger partial charge in [0.05, 0.1) is 11.1 Å². The van der Waals surface area contributed by atoms with E-state index in [1.807, 2.05) is 6.92 Å². The SMILES string of the molecule is CNS(=O)(=O)c1cc(C(=O)NC(C)(CN)C2CC2)c(C)o1. The number of carbonyl (C=O) groups excluding carboxylic acids is 1. The van der Waals surface area contributed by atoms with Crippen LogP contribution in [-0.4, -0.2) is 33.5 Å². The van der Waals surface area contributed by atoms with Gasteiger partial charge in [-0.3, -0.25) is 4.79 Å². The van der Waals surface area contributed by atoms with Crippen molar-refractivity contribution >= 4 is 15.9 Å². The van der Waals surface area contributed by atoms with Crippen molar-refractivity contribution in [2.45, 2.75) is 37.3 Å². The molecule has 1 aliphatic rings. The first-order chi connectivity index (χ1) is 9.73. The number of amides is 1. The van der Waals surface area contributed by atoms with Crippen LogP contribution in [0.5, 0.6) is 0 Å². The van der Waals surface area contributed by atoms with Crippen molar-refractivity contribution in [3.63, 3.8) is 0 Å². The summed E-state index contributed by atoms with van der Waals surface area (Å²) in [5.41, 5.74) is 5.51. The summed E-state index contributed by atoms with van der Waals surface area (Å²) in [7, 11) is -2.42. The van der Waals surface area contributed by atoms with Gasteiger partial charge in [-0.25, -0.2) is 13.1 Å². The molecule has 0 spiro atoms. The van der Waals surface area contributed by atoms with Crippen LogP contribution in [0, 0.1) is 12.8 Å². The Balaban J connectivity index is 2.24. The number of aryl methyl sites for hydroxylation is 1. The predicted molar refractivity (Wildman–Crippen MR) is 77.3 cm³/mol. The van der Waals surface area contributed by atoms with Gasteiger partial charge in [-0.2, -0.15) is 0 Å². The fourth-order valence-corrected chi connectivity index (χ4v) is 2.99. The minimum absolute atomic E-state index is 0.212. The standard InChI is InChI=1S/C13H21N3O4S/c1-8-10(6-11(20-8)21(18,19)15-3)12(17)16-13(2,7-14)9-4-5-9/h6,9,15H,4-5,7,14H2,1-3H3,(H,16,17). The first-order valence-corrected chi connectivity index (χ1v) is 8.28. The van der Waals surface area contributed by atoms with Gasteiger partial charge in [-0.05, 0) is 39.7 Å². The molecular formula is C13H21N3O4S. The smallest absolute Gasteiger partial charge is 0.273 e. The molecule has 0 saturated heterocycles. The maximum absolute atomic E-state index is 12.4. The summed E-state index contributed by atoms with van der Waals surface area (Å²) in [5.74, 6) is 0.268. The Morgan fingerprint density at radius 1 is 1.52 bits per heavy atom. The Morgan fingerprint density at radius 3 is 2.62 bits per heavy atom. The molecule has 118 valence electrons. The van der Waals surface area contributed by atoms with Gasteiger partial charge in [0.15, 0.2) is 0 Å². The molecule has 1 aromatic heterocycles. The molecule has 1 amide bonds. The summed E-state index contributed by atoms with van der Waals surface area (Å²) in [4.78, 5) is 12.4. The summed E-state index contributed by atoms with van der Waals surface area (Å²) in [6.45, 7) is 3.80. The molecule has 8 heteroatoms. The molecule has 2 rings (SSSR count). The monoisotopic (exact) mass is 315 g/mol. The summed E-state index contributed by atoms with van der Waals surface area (Å²) >= 11 is 0. The highest BCUT2D eigenvalue weighted by Gasteiger charge is 2.42. The van der Waals surface area contributed by atoms with Crippen LogP contribution in [0.3, 0.4) is 0 Å². The number of hydrogen-bond acceptors (Lipinski definition) is 5. The average Bonchev–Trinajstić information content (AvgIpc) is 3.21. The van der Waals surface area contributed by atoms with Gasteiger partial charge in [0.25, 0.3) is 15.9 Å². The van der Waals surface area contributed by atoms with Crippen LogP contribution < -0.4 is 15.8 Å². The van der Waals surface area contributed by atoms with Crippen LogP contribution in [0.4, 0.5) is 0 Å². The van der Waals surface area contributed by atoms with Crippen LogP contribution in [0.2, 0.25) is 0 Å². The van der Waals surface area contributed by atoms with E-state index in [1.165, 1.54) is 13.1 Å². The van der Waals surface area contributed by atoms with Crippen LogP contribution in [0.25, 0.3) is 0 Å². The molecule has 1 fully saturated rings. The number of nitrogens with one attached hydrogen (secondary N) is 2. The van der Waals surface area contributed by atoms with E-state index in [0.29, 0.717) is 12.5 Å². The highest BCUT2D eigenvalue weighted by Crippen LogP contribution is 2.39. The lowest BCUT2D eigenvalue weighted by Crippen LogP contribution is -2.53. The van der Waals surface area contributed by atoms with Crippen LogP contribution in [0.1, 0.15) is 35.9 Å². The quantitative estimate of drug-likeness (QED) is 0.701. The molecule has 0 bridgehead atoms. The first kappa shape index (κ1) is 16.0. The van der Waals surface area contributed by atoms with Crippen LogP contribution in [-0.2, 0) is 10.0 Å². The van der Waals surface area contributed by atoms with Crippen molar-refractivity contribution in [3.05, 3.63) is 17.4 Å². The molecule has 1 atom stereocenters. The van der Waals surface area contributed by atoms with E-state index in [1.54, 1.807) is 6.92 Å². The molecule has 1 saturated carbocycles. The first-order valence-electron chi connectivity index (χ1n) is 6.80. The molecule has 7 nitrogen and oxygen atoms in total. The maximum Gasteiger partial charge on any atom is 0.273 e. The topological polar surface area (TPSA) is 114 Å². The molecule has 0 aromatic carbocycles. The number of hydrogen-bond donors (Lipinski definition) is 3. The minimum Gasteiger partial charge on any atom is -0.448 e. The normalized spacial score (nSPS) is 18.3. The maximum atomic E-state index is 12.4. The van der Waals surface area contributed by atoms with Crippen molar-refractivity contribution in [2.75, 3.05) is 13.6 Å². The van der Waals surface area contributed by atoms with E-state index in [-0.39, 0.29) is 22.3 Å². The van der Waals surface area contributed by atoms with E-state index in [2.05, 4.69) is 10.0 Å². The largest absolute Gasteiger partial charge is 0.448 e. The van der Waals surface area contributed by atoms with E-state index in [9.17, 15) is 13.2 Å². The highest BCUT2D eigenvalue weighted by atomic mass is 32.2. The summed E-state index contributed by atoms with van der Waals surface area (Å²) in [6, 6.07) is 1.24. The zero-order valence-corrected chi connectivity index (χ0v) is 13.2. The van der Waals surface area contributed by atoms with Gasteiger partial charge in [-0.1, -0.05) is 0 Å². The lowest BCUT2D eigenvalue weighted by molar-refractivity contribution is 0.0896. The van der Waals surface area contributed by atoms with E-state index < -0.39 is 15.6 Å². The number of sulfonamides is 1. The lowest BCUT2D eigenvalue weighted by atomic mass is 9.95. The Labute approximate surface area is 124 Å². The molecule has 1 unspecified atom stereocenters. The molecular weight excluding hydrogens is 294 g/mol. The molecule has 1 heterocycles. The van der Waals surface area contributed by atoms with Gasteiger partial charge in [0.2, 0.25) is 5.09 Å². The molecule has 0 radical (unpaired) electrons. The third-order valence-corrected chi connectivity index (χ3v) is 5.24. The molecule has 21 heavy (non-hydrogen) atoms. The van der Waals surface area contributed by atoms with E-state index in [0.717, 1.165) is 12.8 Å². The molecule has 4 N–H and O–H groups in total. The Morgan fingerprint density at radius 2 is 2.14 bits per heavy atom. The average molecular weight is 315 g/mol. The molecule has 1 aliphatic carbocycles. The van der Waals surface area contributed by atoms with E-state index >= 15 is 0 Å². The minimum atomic E-state index is -3.71. The number of nitrogens with two attached hydrogens (primary N) is 1. The van der Waals surface area contributed by atoms with Gasteiger partial charge < -0.3 is 15.5 Å². The van der Waals surface area contributed by atoms with Gasteiger partial charge in [0.1, 0.15) is 5.76 Å². The molecule has 1 aromatic rings. The predicted octanol–water partition coefficient (Wildman–Crippen LogP) is 0.353. The van der Waals surface area contributed by atoms with E-state index in [4.69, 9.17) is 10.2 Å². The van der Waals surface area contributed by atoms with Crippen LogP contribution in [0.15, 0.2) is 15.6 Å². The summed E-state index contributed by atoms with van der Waals surface area (Å²) in [6.07, 6.45) is 2.08. The summed E-state index contributed by atoms with van der Waals surface area (Å²) < 4.78 is 30.7. The third kappa shape index (κ3) is 3.12. The highest BCUT2D eigenvalue weighted by molar-refractivity contribution is 7.89. The van der Waals surface area contributed by atoms with Crippen molar-refractivity contribution in [2.24, 2.45) is 11.7 Å². The van der Waals surface area contributed by atoms with Crippen molar-refractivity contribution in [1.82, 2.24) is 10.0 Å². The second kappa shape index (κ2) is 5.43. The molecule has 0 aliphatic heterocycles. The fourth-order valence-electron chi connectivity index (χ4n) is 2.28. The Hall–Kier alpha value is -1.38. The van der Waals surface area contributed by atoms with Crippen molar-refractivity contribution in [3.8, 4) is 0 Å². The number of furan rings is 1. The second-order valence-electron chi connectivity index (χ2n) is 5.59. The third-order valence-electron chi connectivity index (χ3n) is 3.97. The summed E-state index contributed by atoms with van der Waals surface area (Å²) in [5, 5.41) is 2.64. The fraction of sp³-hybridized carbons (Fsp3) is 0.615. The van der Waals surface area contributed by atoms with Crippen molar-refractivity contribution in [1.29, 1.82) is 0 Å². The second-order valence-corrected chi connectivity index (χ2v) is 7.41.